The maximum Gasteiger partial charge on any atom is 0.340 e. The lowest BCUT2D eigenvalue weighted by Gasteiger charge is -2.28. The Kier molecular flexibility index (Phi) is 8.35. The van der Waals surface area contributed by atoms with Crippen molar-refractivity contribution in [2.75, 3.05) is 51.0 Å². The Labute approximate surface area is 204 Å². The number of carbonyl (C=O) groups excluding carboxylic acids is 1. The number of hydrogen-bond acceptors (Lipinski definition) is 8. The number of aromatic nitrogens is 2. The molecule has 1 unspecified atom stereocenters. The number of rotatable bonds is 10. The van der Waals surface area contributed by atoms with E-state index in [0.29, 0.717) is 55.9 Å². The van der Waals surface area contributed by atoms with E-state index in [1.165, 1.54) is 0 Å². The van der Waals surface area contributed by atoms with Crippen LogP contribution < -0.4 is 4.90 Å². The summed E-state index contributed by atoms with van der Waals surface area (Å²) in [6.07, 6.45) is -0.514. The van der Waals surface area contributed by atoms with Gasteiger partial charge in [0.1, 0.15) is 5.82 Å². The van der Waals surface area contributed by atoms with Crippen LogP contribution in [0.25, 0.3) is 16.6 Å². The van der Waals surface area contributed by atoms with Gasteiger partial charge in [0, 0.05) is 37.4 Å². The third-order valence-corrected chi connectivity index (χ3v) is 6.06. The summed E-state index contributed by atoms with van der Waals surface area (Å²) in [4.78, 5) is 15.5. The van der Waals surface area contributed by atoms with E-state index in [2.05, 4.69) is 4.90 Å². The highest BCUT2D eigenvalue weighted by Crippen LogP contribution is 2.38. The minimum atomic E-state index is -1.34. The number of benzene rings is 1. The number of aliphatic hydroxyl groups is 2. The average molecular weight is 484 g/mol. The molecule has 35 heavy (non-hydrogen) atoms. The molecule has 0 amide bonds. The van der Waals surface area contributed by atoms with E-state index in [9.17, 15) is 15.0 Å². The van der Waals surface area contributed by atoms with Gasteiger partial charge in [-0.05, 0) is 38.3 Å². The molecular weight excluding hydrogens is 450 g/mol. The van der Waals surface area contributed by atoms with E-state index < -0.39 is 12.3 Å². The van der Waals surface area contributed by atoms with Crippen molar-refractivity contribution >= 4 is 17.3 Å². The first-order valence-electron chi connectivity index (χ1n) is 12.1. The lowest BCUT2D eigenvalue weighted by Crippen LogP contribution is -2.37. The summed E-state index contributed by atoms with van der Waals surface area (Å²) < 4.78 is 18.2. The highest BCUT2D eigenvalue weighted by atomic mass is 16.6. The van der Waals surface area contributed by atoms with E-state index in [4.69, 9.17) is 19.3 Å². The fourth-order valence-electron chi connectivity index (χ4n) is 4.50. The highest BCUT2D eigenvalue weighted by molar-refractivity contribution is 6.04. The third-order valence-electron chi connectivity index (χ3n) is 6.06. The molecule has 0 saturated carbocycles. The zero-order valence-corrected chi connectivity index (χ0v) is 20.3. The van der Waals surface area contributed by atoms with Crippen LogP contribution >= 0.6 is 0 Å². The molecule has 4 rings (SSSR count). The summed E-state index contributed by atoms with van der Waals surface area (Å²) in [5.74, 6) is 0.194. The predicted octanol–water partition coefficient (Wildman–Crippen LogP) is 2.97. The molecule has 188 valence electrons. The number of aliphatic hydroxyl groups excluding tert-OH is 2. The fourth-order valence-corrected chi connectivity index (χ4v) is 4.50. The molecule has 0 bridgehead atoms. The second kappa shape index (κ2) is 11.6. The number of fused-ring (bicyclic) bond motifs is 1. The van der Waals surface area contributed by atoms with Crippen LogP contribution in [-0.2, 0) is 20.6 Å². The van der Waals surface area contributed by atoms with Gasteiger partial charge in [0.05, 0.1) is 36.6 Å². The topological polar surface area (TPSA) is 106 Å². The van der Waals surface area contributed by atoms with Crippen molar-refractivity contribution in [1.29, 1.82) is 0 Å². The van der Waals surface area contributed by atoms with Crippen LogP contribution in [0.2, 0.25) is 0 Å². The Morgan fingerprint density at radius 2 is 1.91 bits per heavy atom. The first kappa shape index (κ1) is 25.1. The van der Waals surface area contributed by atoms with Gasteiger partial charge in [0.2, 0.25) is 0 Å². The Hall–Kier alpha value is -2.98. The van der Waals surface area contributed by atoms with Gasteiger partial charge in [-0.2, -0.15) is 5.10 Å². The van der Waals surface area contributed by atoms with Gasteiger partial charge in [0.15, 0.2) is 6.29 Å². The molecule has 1 aliphatic heterocycles. The second-order valence-electron chi connectivity index (χ2n) is 8.23. The van der Waals surface area contributed by atoms with Gasteiger partial charge in [-0.1, -0.05) is 30.3 Å². The first-order chi connectivity index (χ1) is 17.1. The van der Waals surface area contributed by atoms with Crippen LogP contribution in [0, 0.1) is 0 Å². The van der Waals surface area contributed by atoms with Gasteiger partial charge < -0.3 is 29.3 Å². The van der Waals surface area contributed by atoms with Crippen molar-refractivity contribution in [1.82, 2.24) is 9.61 Å². The van der Waals surface area contributed by atoms with E-state index in [0.717, 1.165) is 16.9 Å². The lowest BCUT2D eigenvalue weighted by molar-refractivity contribution is -0.0989. The largest absolute Gasteiger partial charge is 0.462 e. The zero-order valence-electron chi connectivity index (χ0n) is 20.3. The van der Waals surface area contributed by atoms with E-state index in [1.54, 1.807) is 18.4 Å². The molecular formula is C26H33N3O6. The van der Waals surface area contributed by atoms with Crippen LogP contribution in [0.15, 0.2) is 36.4 Å². The summed E-state index contributed by atoms with van der Waals surface area (Å²) in [5, 5.41) is 25.5. The number of hydrogen-bond donors (Lipinski definition) is 2. The maximum absolute atomic E-state index is 13.3. The molecule has 3 heterocycles. The smallest absolute Gasteiger partial charge is 0.340 e. The molecule has 9 nitrogen and oxygen atoms in total. The molecule has 1 saturated heterocycles. The molecule has 0 spiro atoms. The van der Waals surface area contributed by atoms with Gasteiger partial charge in [-0.25, -0.2) is 9.31 Å². The number of anilines is 1. The number of morpholine rings is 1. The van der Waals surface area contributed by atoms with E-state index in [1.807, 2.05) is 36.4 Å². The minimum Gasteiger partial charge on any atom is -0.462 e. The van der Waals surface area contributed by atoms with E-state index in [-0.39, 0.29) is 25.4 Å². The van der Waals surface area contributed by atoms with Crippen LogP contribution in [0.1, 0.15) is 48.2 Å². The summed E-state index contributed by atoms with van der Waals surface area (Å²) in [6.45, 7) is 6.52. The normalized spacial score (nSPS) is 14.9. The minimum absolute atomic E-state index is 0.0408. The Morgan fingerprint density at radius 1 is 1.17 bits per heavy atom. The van der Waals surface area contributed by atoms with Crippen molar-refractivity contribution in [2.45, 2.75) is 33.0 Å². The molecule has 1 atom stereocenters. The third kappa shape index (κ3) is 5.18. The molecule has 2 aromatic heterocycles. The number of aryl methyl sites for hydroxylation is 1. The van der Waals surface area contributed by atoms with Crippen LogP contribution in [0.4, 0.5) is 5.82 Å². The molecule has 0 radical (unpaired) electrons. The first-order valence-corrected chi connectivity index (χ1v) is 12.1. The van der Waals surface area contributed by atoms with Crippen LogP contribution in [0.3, 0.4) is 0 Å². The van der Waals surface area contributed by atoms with Gasteiger partial charge >= 0.3 is 5.97 Å². The number of nitrogens with zero attached hydrogens (tertiary/aromatic N) is 3. The van der Waals surface area contributed by atoms with Crippen molar-refractivity contribution in [3.05, 3.63) is 53.2 Å². The lowest BCUT2D eigenvalue weighted by atomic mass is 10.0. The quantitative estimate of drug-likeness (QED) is 0.335. The summed E-state index contributed by atoms with van der Waals surface area (Å²) >= 11 is 0. The Balaban J connectivity index is 2.08. The molecule has 1 fully saturated rings. The monoisotopic (exact) mass is 483 g/mol. The number of carbonyl (C=O) groups is 1. The molecule has 1 aliphatic rings. The average Bonchev–Trinajstić information content (AvgIpc) is 3.22. The molecule has 3 aromatic rings. The Bertz CT molecular complexity index is 1140. The predicted molar refractivity (Wildman–Crippen MR) is 132 cm³/mol. The Morgan fingerprint density at radius 3 is 2.57 bits per heavy atom. The maximum atomic E-state index is 13.3. The zero-order chi connectivity index (χ0) is 24.8. The highest BCUT2D eigenvalue weighted by Gasteiger charge is 2.32. The van der Waals surface area contributed by atoms with Gasteiger partial charge in [-0.15, -0.1) is 0 Å². The summed E-state index contributed by atoms with van der Waals surface area (Å²) in [6, 6.07) is 11.8. The van der Waals surface area contributed by atoms with Crippen molar-refractivity contribution in [3.63, 3.8) is 0 Å². The van der Waals surface area contributed by atoms with Crippen LogP contribution in [0.5, 0.6) is 0 Å². The van der Waals surface area contributed by atoms with Crippen molar-refractivity contribution < 1.29 is 29.2 Å². The fraction of sp³-hybridized carbons (Fsp3) is 0.462. The molecule has 1 aromatic carbocycles. The van der Waals surface area contributed by atoms with Gasteiger partial charge in [-0.3, -0.25) is 0 Å². The SMILES string of the molecule is CCOC(=O)c1c(C(O)OCC)c(CCCO)n2nc(N3CCOCC3)cc(-c3ccccc3)c12. The molecule has 0 aliphatic carbocycles. The summed E-state index contributed by atoms with van der Waals surface area (Å²) in [7, 11) is 0. The molecule has 9 heteroatoms. The standard InChI is InChI=1S/C26H33N3O6/c1-3-34-25(31)22-20(11-8-14-30)29-24(23(22)26(32)35-4-2)19(18-9-6-5-7-10-18)17-21(27-29)28-12-15-33-16-13-28/h5-7,9-10,17,25,30-31H,3-4,8,11-16H2,1-2H3. The second-order valence-corrected chi connectivity index (χ2v) is 8.23. The number of esters is 1. The van der Waals surface area contributed by atoms with Gasteiger partial charge in [0.25, 0.3) is 0 Å². The van der Waals surface area contributed by atoms with E-state index >= 15 is 0 Å². The number of ether oxygens (including phenoxy) is 3. The van der Waals surface area contributed by atoms with Crippen LogP contribution in [-0.4, -0.2) is 71.9 Å². The van der Waals surface area contributed by atoms with Crippen molar-refractivity contribution in [3.8, 4) is 11.1 Å². The van der Waals surface area contributed by atoms with Crippen molar-refractivity contribution in [2.24, 2.45) is 0 Å². The molecule has 2 N–H and O–H groups in total. The summed E-state index contributed by atoms with van der Waals surface area (Å²) in [5.41, 5.74) is 3.44.